The molecule has 1 unspecified atom stereocenters. The Kier molecular flexibility index (Phi) is 4.51. The molecule has 0 aromatic carbocycles. The summed E-state index contributed by atoms with van der Waals surface area (Å²) in [7, 11) is 0. The fourth-order valence-corrected chi connectivity index (χ4v) is 2.89. The molecule has 3 N–H and O–H groups in total. The number of carbonyl (C=O) groups is 1. The monoisotopic (exact) mass is 267 g/mol. The summed E-state index contributed by atoms with van der Waals surface area (Å²) in [5.74, 6) is 0.752. The third-order valence-corrected chi connectivity index (χ3v) is 4.46. The summed E-state index contributed by atoms with van der Waals surface area (Å²) in [6, 6.07) is 0.423. The van der Waals surface area contributed by atoms with Crippen LogP contribution in [0.3, 0.4) is 0 Å². The van der Waals surface area contributed by atoms with Crippen molar-refractivity contribution in [2.45, 2.75) is 70.5 Å². The second-order valence-corrected chi connectivity index (χ2v) is 7.21. The van der Waals surface area contributed by atoms with Crippen LogP contribution in [-0.4, -0.2) is 41.5 Å². The Morgan fingerprint density at radius 3 is 2.32 bits per heavy atom. The smallest absolute Gasteiger partial charge is 0.221 e. The summed E-state index contributed by atoms with van der Waals surface area (Å²) in [5.41, 5.74) is 6.23. The molecule has 4 nitrogen and oxygen atoms in total. The number of nitrogens with zero attached hydrogens (tertiary/aromatic N) is 1. The van der Waals surface area contributed by atoms with Crippen LogP contribution in [0.25, 0.3) is 0 Å². The first-order chi connectivity index (χ1) is 8.86. The van der Waals surface area contributed by atoms with Crippen LogP contribution in [0, 0.1) is 5.92 Å². The molecular formula is C15H29N3O. The standard InChI is InChI=1S/C15H29N3O/c1-15(2,3)18-8-6-12(7-9-18)17-14(19)10-13(16)11-4-5-11/h11-13H,4-10,16H2,1-3H3,(H,17,19). The van der Waals surface area contributed by atoms with Crippen LogP contribution in [0.2, 0.25) is 0 Å². The van der Waals surface area contributed by atoms with E-state index in [4.69, 9.17) is 5.73 Å². The fourth-order valence-electron chi connectivity index (χ4n) is 2.89. The van der Waals surface area contributed by atoms with E-state index in [1.165, 1.54) is 12.8 Å². The highest BCUT2D eigenvalue weighted by Crippen LogP contribution is 2.32. The molecule has 2 fully saturated rings. The molecule has 0 aromatic rings. The number of nitrogens with two attached hydrogens (primary N) is 1. The first-order valence-corrected chi connectivity index (χ1v) is 7.66. The van der Waals surface area contributed by atoms with Gasteiger partial charge in [-0.25, -0.2) is 0 Å². The van der Waals surface area contributed by atoms with Gasteiger partial charge in [-0.05, 0) is 52.4 Å². The van der Waals surface area contributed by atoms with Crippen molar-refractivity contribution in [2.75, 3.05) is 13.1 Å². The van der Waals surface area contributed by atoms with Crippen LogP contribution in [0.15, 0.2) is 0 Å². The fraction of sp³-hybridized carbons (Fsp3) is 0.933. The Labute approximate surface area is 117 Å². The number of hydrogen-bond acceptors (Lipinski definition) is 3. The van der Waals surface area contributed by atoms with Gasteiger partial charge in [0, 0.05) is 37.1 Å². The van der Waals surface area contributed by atoms with E-state index >= 15 is 0 Å². The van der Waals surface area contributed by atoms with Crippen LogP contribution in [-0.2, 0) is 4.79 Å². The molecule has 2 aliphatic rings. The highest BCUT2D eigenvalue weighted by atomic mass is 16.1. The van der Waals surface area contributed by atoms with Crippen molar-refractivity contribution in [2.24, 2.45) is 11.7 Å². The maximum Gasteiger partial charge on any atom is 0.221 e. The second kappa shape index (κ2) is 5.80. The van der Waals surface area contributed by atoms with Crippen molar-refractivity contribution in [3.8, 4) is 0 Å². The molecule has 4 heteroatoms. The molecule has 1 saturated heterocycles. The van der Waals surface area contributed by atoms with Gasteiger partial charge in [0.2, 0.25) is 5.91 Å². The molecule has 0 bridgehead atoms. The first kappa shape index (κ1) is 14.8. The Hall–Kier alpha value is -0.610. The quantitative estimate of drug-likeness (QED) is 0.811. The van der Waals surface area contributed by atoms with Gasteiger partial charge in [0.15, 0.2) is 0 Å². The lowest BCUT2D eigenvalue weighted by Crippen LogP contribution is -2.51. The Morgan fingerprint density at radius 1 is 1.26 bits per heavy atom. The minimum absolute atomic E-state index is 0.0784. The average molecular weight is 267 g/mol. The Balaban J connectivity index is 1.68. The topological polar surface area (TPSA) is 58.4 Å². The van der Waals surface area contributed by atoms with Gasteiger partial charge >= 0.3 is 0 Å². The van der Waals surface area contributed by atoms with Gasteiger partial charge in [-0.2, -0.15) is 0 Å². The molecule has 1 aliphatic heterocycles. The summed E-state index contributed by atoms with van der Waals surface area (Å²) >= 11 is 0. The Morgan fingerprint density at radius 2 is 1.84 bits per heavy atom. The molecule has 1 saturated carbocycles. The van der Waals surface area contributed by atoms with Crippen LogP contribution < -0.4 is 11.1 Å². The normalized spacial score (nSPS) is 24.2. The lowest BCUT2D eigenvalue weighted by atomic mass is 9.98. The molecule has 1 amide bonds. The maximum absolute atomic E-state index is 11.9. The van der Waals surface area contributed by atoms with E-state index in [9.17, 15) is 4.79 Å². The van der Waals surface area contributed by atoms with Gasteiger partial charge in [-0.1, -0.05) is 0 Å². The molecule has 2 rings (SSSR count). The number of carbonyl (C=O) groups excluding carboxylic acids is 1. The van der Waals surface area contributed by atoms with Crippen LogP contribution >= 0.6 is 0 Å². The average Bonchev–Trinajstić information content (AvgIpc) is 3.11. The molecule has 110 valence electrons. The number of rotatable bonds is 4. The minimum atomic E-state index is 0.0784. The lowest BCUT2D eigenvalue weighted by Gasteiger charge is -2.41. The van der Waals surface area contributed by atoms with E-state index in [0.29, 0.717) is 18.4 Å². The third kappa shape index (κ3) is 4.46. The van der Waals surface area contributed by atoms with Gasteiger partial charge < -0.3 is 11.1 Å². The molecule has 0 radical (unpaired) electrons. The predicted octanol–water partition coefficient (Wildman–Crippen LogP) is 1.49. The highest BCUT2D eigenvalue weighted by molar-refractivity contribution is 5.77. The zero-order chi connectivity index (χ0) is 14.0. The number of amides is 1. The number of hydrogen-bond donors (Lipinski definition) is 2. The molecule has 1 aliphatic carbocycles. The van der Waals surface area contributed by atoms with Crippen molar-refractivity contribution in [1.82, 2.24) is 10.2 Å². The molecule has 19 heavy (non-hydrogen) atoms. The minimum Gasteiger partial charge on any atom is -0.353 e. The van der Waals surface area contributed by atoms with Gasteiger partial charge in [-0.15, -0.1) is 0 Å². The first-order valence-electron chi connectivity index (χ1n) is 7.66. The van der Waals surface area contributed by atoms with E-state index in [0.717, 1.165) is 25.9 Å². The van der Waals surface area contributed by atoms with E-state index in [2.05, 4.69) is 31.0 Å². The summed E-state index contributed by atoms with van der Waals surface area (Å²) in [4.78, 5) is 14.4. The maximum atomic E-state index is 11.9. The van der Waals surface area contributed by atoms with Crippen molar-refractivity contribution < 1.29 is 4.79 Å². The van der Waals surface area contributed by atoms with E-state index < -0.39 is 0 Å². The van der Waals surface area contributed by atoms with Crippen molar-refractivity contribution in [3.63, 3.8) is 0 Å². The Bertz CT molecular complexity index is 312. The zero-order valence-electron chi connectivity index (χ0n) is 12.6. The summed E-state index contributed by atoms with van der Waals surface area (Å²) in [5, 5.41) is 3.16. The van der Waals surface area contributed by atoms with E-state index in [-0.39, 0.29) is 17.5 Å². The number of piperidine rings is 1. The van der Waals surface area contributed by atoms with Crippen molar-refractivity contribution in [3.05, 3.63) is 0 Å². The SMILES string of the molecule is CC(C)(C)N1CCC(NC(=O)CC(N)C2CC2)CC1. The summed E-state index contributed by atoms with van der Waals surface area (Å²) < 4.78 is 0. The van der Waals surface area contributed by atoms with Crippen LogP contribution in [0.5, 0.6) is 0 Å². The molecule has 1 heterocycles. The zero-order valence-corrected chi connectivity index (χ0v) is 12.6. The number of likely N-dealkylation sites (tertiary alicyclic amines) is 1. The molecule has 0 spiro atoms. The van der Waals surface area contributed by atoms with Gasteiger partial charge in [0.05, 0.1) is 0 Å². The van der Waals surface area contributed by atoms with E-state index in [1.807, 2.05) is 0 Å². The predicted molar refractivity (Wildman–Crippen MR) is 77.8 cm³/mol. The van der Waals surface area contributed by atoms with Gasteiger partial charge in [0.25, 0.3) is 0 Å². The van der Waals surface area contributed by atoms with Crippen LogP contribution in [0.1, 0.15) is 52.9 Å². The largest absolute Gasteiger partial charge is 0.353 e. The second-order valence-electron chi connectivity index (χ2n) is 7.21. The highest BCUT2D eigenvalue weighted by Gasteiger charge is 2.31. The van der Waals surface area contributed by atoms with Gasteiger partial charge in [-0.3, -0.25) is 9.69 Å². The third-order valence-electron chi connectivity index (χ3n) is 4.46. The van der Waals surface area contributed by atoms with Gasteiger partial charge in [0.1, 0.15) is 0 Å². The molecule has 1 atom stereocenters. The molecular weight excluding hydrogens is 238 g/mol. The summed E-state index contributed by atoms with van der Waals surface area (Å²) in [6.07, 6.45) is 5.03. The summed E-state index contributed by atoms with van der Waals surface area (Å²) in [6.45, 7) is 8.90. The van der Waals surface area contributed by atoms with Crippen molar-refractivity contribution >= 4 is 5.91 Å². The molecule has 0 aromatic heterocycles. The number of nitrogens with one attached hydrogen (secondary N) is 1. The van der Waals surface area contributed by atoms with Crippen molar-refractivity contribution in [1.29, 1.82) is 0 Å². The van der Waals surface area contributed by atoms with E-state index in [1.54, 1.807) is 0 Å². The lowest BCUT2D eigenvalue weighted by molar-refractivity contribution is -0.122. The van der Waals surface area contributed by atoms with Crippen LogP contribution in [0.4, 0.5) is 0 Å².